The molecule has 0 N–H and O–H groups in total. The predicted octanol–water partition coefficient (Wildman–Crippen LogP) is 1.64. The number of rotatable bonds is 2. The molecule has 0 aliphatic heterocycles. The second-order valence-electron chi connectivity index (χ2n) is 3.40. The minimum absolute atomic E-state index is 0.175. The van der Waals surface area contributed by atoms with Crippen molar-refractivity contribution in [1.29, 1.82) is 0 Å². The van der Waals surface area contributed by atoms with Gasteiger partial charge < -0.3 is 4.74 Å². The highest BCUT2D eigenvalue weighted by Gasteiger charge is 2.28. The molecule has 1 aliphatic rings. The molecule has 0 amide bonds. The van der Waals surface area contributed by atoms with E-state index in [1.165, 1.54) is 6.42 Å². The lowest BCUT2D eigenvalue weighted by atomic mass is 9.80. The first-order valence-corrected chi connectivity index (χ1v) is 4.27. The molecule has 0 aromatic carbocycles. The minimum atomic E-state index is 0.175. The molecule has 0 aromatic rings. The number of hydrogen-bond donors (Lipinski definition) is 0. The van der Waals surface area contributed by atoms with E-state index in [-0.39, 0.29) is 5.92 Å². The number of ether oxygens (including phenoxy) is 1. The average Bonchev–Trinajstić information content (AvgIpc) is 1.97. The highest BCUT2D eigenvalue weighted by atomic mass is 16.5. The van der Waals surface area contributed by atoms with Crippen molar-refractivity contribution in [3.63, 3.8) is 0 Å². The number of Topliss-reactive ketones (excluding diaryl/α,β-unsaturated/α-hetero) is 1. The van der Waals surface area contributed by atoms with Crippen molar-refractivity contribution in [2.45, 2.75) is 26.2 Å². The van der Waals surface area contributed by atoms with Crippen LogP contribution in [0.1, 0.15) is 26.2 Å². The summed E-state index contributed by atoms with van der Waals surface area (Å²) in [5.41, 5.74) is 0. The summed E-state index contributed by atoms with van der Waals surface area (Å²) in [4.78, 5) is 11.3. The van der Waals surface area contributed by atoms with Crippen molar-refractivity contribution in [3.8, 4) is 0 Å². The van der Waals surface area contributed by atoms with E-state index in [9.17, 15) is 4.79 Å². The van der Waals surface area contributed by atoms with E-state index in [4.69, 9.17) is 4.74 Å². The summed E-state index contributed by atoms with van der Waals surface area (Å²) in [5.74, 6) is 1.09. The molecule has 1 fully saturated rings. The Labute approximate surface area is 67.9 Å². The maximum atomic E-state index is 11.3. The Bertz CT molecular complexity index is 142. The van der Waals surface area contributed by atoms with Crippen molar-refractivity contribution in [2.75, 3.05) is 13.7 Å². The fourth-order valence-electron chi connectivity index (χ4n) is 1.74. The standard InChI is InChI=1S/C9H16O2/c1-7-4-3-5-9(10)8(7)6-11-2/h7-8H,3-6H2,1-2H3/t7-,8-/m1/s1. The van der Waals surface area contributed by atoms with Crippen LogP contribution in [0.15, 0.2) is 0 Å². The molecular weight excluding hydrogens is 140 g/mol. The third-order valence-corrected chi connectivity index (χ3v) is 2.53. The van der Waals surface area contributed by atoms with Crippen LogP contribution in [0, 0.1) is 11.8 Å². The van der Waals surface area contributed by atoms with Crippen molar-refractivity contribution < 1.29 is 9.53 Å². The third-order valence-electron chi connectivity index (χ3n) is 2.53. The lowest BCUT2D eigenvalue weighted by Crippen LogP contribution is -2.30. The predicted molar refractivity (Wildman–Crippen MR) is 43.4 cm³/mol. The third kappa shape index (κ3) is 2.03. The molecule has 0 radical (unpaired) electrons. The summed E-state index contributed by atoms with van der Waals surface area (Å²) in [6.07, 6.45) is 3.01. The largest absolute Gasteiger partial charge is 0.384 e. The van der Waals surface area contributed by atoms with E-state index >= 15 is 0 Å². The SMILES string of the molecule is COC[C@H]1C(=O)CCC[C@H]1C. The second-order valence-corrected chi connectivity index (χ2v) is 3.40. The molecule has 1 saturated carbocycles. The summed E-state index contributed by atoms with van der Waals surface area (Å²) >= 11 is 0. The Morgan fingerprint density at radius 2 is 2.36 bits per heavy atom. The zero-order chi connectivity index (χ0) is 8.27. The van der Waals surface area contributed by atoms with Gasteiger partial charge in [-0.05, 0) is 18.8 Å². The fourth-order valence-corrected chi connectivity index (χ4v) is 1.74. The highest BCUT2D eigenvalue weighted by Crippen LogP contribution is 2.26. The first-order chi connectivity index (χ1) is 5.25. The van der Waals surface area contributed by atoms with Gasteiger partial charge in [-0.15, -0.1) is 0 Å². The number of methoxy groups -OCH3 is 1. The van der Waals surface area contributed by atoms with Crippen LogP contribution in [-0.4, -0.2) is 19.5 Å². The van der Waals surface area contributed by atoms with E-state index in [1.54, 1.807) is 7.11 Å². The van der Waals surface area contributed by atoms with Gasteiger partial charge in [0.1, 0.15) is 5.78 Å². The van der Waals surface area contributed by atoms with E-state index in [1.807, 2.05) is 0 Å². The average molecular weight is 156 g/mol. The number of hydrogen-bond acceptors (Lipinski definition) is 2. The van der Waals surface area contributed by atoms with Gasteiger partial charge in [0.25, 0.3) is 0 Å². The van der Waals surface area contributed by atoms with Gasteiger partial charge in [-0.3, -0.25) is 4.79 Å². The first kappa shape index (κ1) is 8.72. The first-order valence-electron chi connectivity index (χ1n) is 4.27. The smallest absolute Gasteiger partial charge is 0.138 e. The number of carbonyl (C=O) groups is 1. The quantitative estimate of drug-likeness (QED) is 0.607. The molecule has 0 aromatic heterocycles. The van der Waals surface area contributed by atoms with Crippen molar-refractivity contribution in [2.24, 2.45) is 11.8 Å². The number of carbonyl (C=O) groups excluding carboxylic acids is 1. The van der Waals surface area contributed by atoms with Crippen molar-refractivity contribution >= 4 is 5.78 Å². The molecular formula is C9H16O2. The minimum Gasteiger partial charge on any atom is -0.384 e. The van der Waals surface area contributed by atoms with E-state index in [0.29, 0.717) is 18.3 Å². The van der Waals surface area contributed by atoms with Crippen LogP contribution < -0.4 is 0 Å². The number of ketones is 1. The van der Waals surface area contributed by atoms with Crippen LogP contribution in [0.5, 0.6) is 0 Å². The maximum absolute atomic E-state index is 11.3. The van der Waals surface area contributed by atoms with Crippen molar-refractivity contribution in [3.05, 3.63) is 0 Å². The van der Waals surface area contributed by atoms with Crippen LogP contribution in [-0.2, 0) is 9.53 Å². The fraction of sp³-hybridized carbons (Fsp3) is 0.889. The molecule has 2 atom stereocenters. The van der Waals surface area contributed by atoms with E-state index in [0.717, 1.165) is 12.8 Å². The molecule has 0 spiro atoms. The molecule has 1 aliphatic carbocycles. The molecule has 0 bridgehead atoms. The monoisotopic (exact) mass is 156 g/mol. The van der Waals surface area contributed by atoms with Crippen molar-refractivity contribution in [1.82, 2.24) is 0 Å². The van der Waals surface area contributed by atoms with Crippen LogP contribution in [0.25, 0.3) is 0 Å². The molecule has 11 heavy (non-hydrogen) atoms. The lowest BCUT2D eigenvalue weighted by molar-refractivity contribution is -0.128. The topological polar surface area (TPSA) is 26.3 Å². The van der Waals surface area contributed by atoms with Gasteiger partial charge in [0, 0.05) is 19.4 Å². The lowest BCUT2D eigenvalue weighted by Gasteiger charge is -2.26. The second kappa shape index (κ2) is 3.86. The molecule has 0 heterocycles. The Morgan fingerprint density at radius 1 is 1.64 bits per heavy atom. The zero-order valence-electron chi connectivity index (χ0n) is 7.30. The Kier molecular flexibility index (Phi) is 3.06. The molecule has 0 unspecified atom stereocenters. The van der Waals surface area contributed by atoms with Crippen LogP contribution >= 0.6 is 0 Å². The molecule has 0 saturated heterocycles. The van der Waals surface area contributed by atoms with Crippen LogP contribution in [0.3, 0.4) is 0 Å². The molecule has 2 nitrogen and oxygen atoms in total. The Morgan fingerprint density at radius 3 is 2.91 bits per heavy atom. The summed E-state index contributed by atoms with van der Waals surface area (Å²) in [5, 5.41) is 0. The normalized spacial score (nSPS) is 32.4. The van der Waals surface area contributed by atoms with Crippen LogP contribution in [0.4, 0.5) is 0 Å². The van der Waals surface area contributed by atoms with E-state index in [2.05, 4.69) is 6.92 Å². The van der Waals surface area contributed by atoms with Gasteiger partial charge in [0.05, 0.1) is 6.61 Å². The zero-order valence-corrected chi connectivity index (χ0v) is 7.30. The Hall–Kier alpha value is -0.370. The summed E-state index contributed by atoms with van der Waals surface area (Å²) in [7, 11) is 1.66. The van der Waals surface area contributed by atoms with Gasteiger partial charge in [-0.1, -0.05) is 6.92 Å². The van der Waals surface area contributed by atoms with E-state index < -0.39 is 0 Å². The van der Waals surface area contributed by atoms with Gasteiger partial charge in [-0.25, -0.2) is 0 Å². The Balaban J connectivity index is 2.48. The summed E-state index contributed by atoms with van der Waals surface area (Å²) in [6.45, 7) is 2.75. The summed E-state index contributed by atoms with van der Waals surface area (Å²) in [6, 6.07) is 0. The van der Waals surface area contributed by atoms with Gasteiger partial charge >= 0.3 is 0 Å². The summed E-state index contributed by atoms with van der Waals surface area (Å²) < 4.78 is 5.00. The van der Waals surface area contributed by atoms with Crippen LogP contribution in [0.2, 0.25) is 0 Å². The van der Waals surface area contributed by atoms with Gasteiger partial charge in [0.15, 0.2) is 0 Å². The van der Waals surface area contributed by atoms with Gasteiger partial charge in [0.2, 0.25) is 0 Å². The molecule has 1 rings (SSSR count). The molecule has 64 valence electrons. The van der Waals surface area contributed by atoms with Gasteiger partial charge in [-0.2, -0.15) is 0 Å². The highest BCUT2D eigenvalue weighted by molar-refractivity contribution is 5.82. The molecule has 2 heteroatoms. The maximum Gasteiger partial charge on any atom is 0.138 e.